The summed E-state index contributed by atoms with van der Waals surface area (Å²) < 4.78 is 47.2. The fraction of sp³-hybridized carbons (Fsp3) is 0.308. The van der Waals surface area contributed by atoms with E-state index in [4.69, 9.17) is 37.4 Å². The summed E-state index contributed by atoms with van der Waals surface area (Å²) in [6.07, 6.45) is 3.13. The van der Waals surface area contributed by atoms with Crippen molar-refractivity contribution < 1.29 is 32.5 Å². The van der Waals surface area contributed by atoms with E-state index in [0.717, 1.165) is 18.4 Å². The zero-order chi connectivity index (χ0) is 25.5. The number of halogens is 4. The summed E-state index contributed by atoms with van der Waals surface area (Å²) in [6.45, 7) is -2.64. The molecule has 0 spiro atoms. The molecule has 36 heavy (non-hydrogen) atoms. The summed E-state index contributed by atoms with van der Waals surface area (Å²) in [7, 11) is 0. The highest BCUT2D eigenvalue weighted by Gasteiger charge is 2.26. The number of aromatic nitrogens is 1. The van der Waals surface area contributed by atoms with E-state index in [2.05, 4.69) is 9.72 Å². The van der Waals surface area contributed by atoms with Crippen molar-refractivity contribution in [3.63, 3.8) is 0 Å². The van der Waals surface area contributed by atoms with Gasteiger partial charge in [0.25, 0.3) is 0 Å². The number of rotatable bonds is 11. The van der Waals surface area contributed by atoms with E-state index in [9.17, 15) is 13.6 Å². The van der Waals surface area contributed by atoms with Gasteiger partial charge in [0.15, 0.2) is 11.5 Å². The predicted molar refractivity (Wildman–Crippen MR) is 130 cm³/mol. The molecule has 1 atom stereocenters. The van der Waals surface area contributed by atoms with Crippen molar-refractivity contribution in [3.05, 3.63) is 87.7 Å². The normalized spacial score (nSPS) is 13.8. The van der Waals surface area contributed by atoms with Gasteiger partial charge in [-0.1, -0.05) is 59.6 Å². The van der Waals surface area contributed by atoms with Gasteiger partial charge < -0.3 is 18.9 Å². The van der Waals surface area contributed by atoms with Gasteiger partial charge in [-0.05, 0) is 47.6 Å². The molecule has 1 aliphatic carbocycles. The SMILES string of the molecule is O=C(OCc1ccccc1)O[C@@H](Cc1c(Cl)cncc1Cl)c1ccc(OC(F)F)c(OCC2CC2)c1. The average Bonchev–Trinajstić information content (AvgIpc) is 3.69. The van der Waals surface area contributed by atoms with Gasteiger partial charge >= 0.3 is 12.8 Å². The Morgan fingerprint density at radius 1 is 1.03 bits per heavy atom. The number of nitrogens with zero attached hydrogens (tertiary/aromatic N) is 1. The number of ether oxygens (including phenoxy) is 4. The van der Waals surface area contributed by atoms with E-state index >= 15 is 0 Å². The molecule has 1 aromatic heterocycles. The lowest BCUT2D eigenvalue weighted by Crippen LogP contribution is -2.16. The Hall–Kier alpha value is -3.10. The van der Waals surface area contributed by atoms with Crippen LogP contribution in [-0.2, 0) is 22.5 Å². The van der Waals surface area contributed by atoms with E-state index in [1.54, 1.807) is 0 Å². The molecule has 0 amide bonds. The van der Waals surface area contributed by atoms with Crippen LogP contribution >= 0.6 is 23.2 Å². The second-order valence-corrected chi connectivity index (χ2v) is 9.07. The van der Waals surface area contributed by atoms with Gasteiger partial charge in [-0.25, -0.2) is 4.79 Å². The van der Waals surface area contributed by atoms with Crippen molar-refractivity contribution in [1.29, 1.82) is 0 Å². The Balaban J connectivity index is 1.58. The van der Waals surface area contributed by atoms with Gasteiger partial charge in [-0.3, -0.25) is 4.98 Å². The molecule has 190 valence electrons. The minimum atomic E-state index is -3.02. The number of benzene rings is 2. The van der Waals surface area contributed by atoms with Gasteiger partial charge in [0.1, 0.15) is 12.7 Å². The zero-order valence-electron chi connectivity index (χ0n) is 19.0. The second-order valence-electron chi connectivity index (χ2n) is 8.26. The molecule has 6 nitrogen and oxygen atoms in total. The average molecular weight is 538 g/mol. The first-order valence-corrected chi connectivity index (χ1v) is 12.0. The van der Waals surface area contributed by atoms with Crippen LogP contribution < -0.4 is 9.47 Å². The van der Waals surface area contributed by atoms with Crippen molar-refractivity contribution in [3.8, 4) is 11.5 Å². The zero-order valence-corrected chi connectivity index (χ0v) is 20.6. The Bertz CT molecular complexity index is 1160. The Morgan fingerprint density at radius 3 is 2.42 bits per heavy atom. The third-order valence-corrected chi connectivity index (χ3v) is 6.16. The van der Waals surface area contributed by atoms with Crippen molar-refractivity contribution in [2.24, 2.45) is 5.92 Å². The predicted octanol–water partition coefficient (Wildman–Crippen LogP) is 7.42. The summed E-state index contributed by atoms with van der Waals surface area (Å²) in [5.74, 6) is 0.389. The summed E-state index contributed by atoms with van der Waals surface area (Å²) in [5.41, 5.74) is 1.75. The van der Waals surface area contributed by atoms with Crippen LogP contribution in [0.5, 0.6) is 11.5 Å². The van der Waals surface area contributed by atoms with Crippen molar-refractivity contribution in [1.82, 2.24) is 4.98 Å². The molecule has 10 heteroatoms. The van der Waals surface area contributed by atoms with E-state index in [-0.39, 0.29) is 34.6 Å². The maximum Gasteiger partial charge on any atom is 0.509 e. The first-order chi connectivity index (χ1) is 17.4. The molecule has 0 N–H and O–H groups in total. The quantitative estimate of drug-likeness (QED) is 0.237. The fourth-order valence-electron chi connectivity index (χ4n) is 3.44. The molecule has 1 aliphatic rings. The Labute approximate surface area is 217 Å². The van der Waals surface area contributed by atoms with Gasteiger partial charge in [0.05, 0.1) is 16.7 Å². The van der Waals surface area contributed by atoms with Crippen molar-refractivity contribution >= 4 is 29.4 Å². The Morgan fingerprint density at radius 2 is 1.75 bits per heavy atom. The van der Waals surface area contributed by atoms with Crippen LogP contribution in [-0.4, -0.2) is 24.4 Å². The molecule has 0 aliphatic heterocycles. The molecule has 0 radical (unpaired) electrons. The standard InChI is InChI=1S/C26H23Cl2F2NO5/c27-20-12-31-13-21(28)19(20)11-23(36-26(32)34-15-16-4-2-1-3-5-16)18-8-9-22(35-25(29)30)24(10-18)33-14-17-6-7-17/h1-5,8-10,12-13,17,23,25H,6-7,11,14-15H2/t23-/m0/s1. The smallest absolute Gasteiger partial charge is 0.489 e. The molecule has 1 saturated carbocycles. The van der Waals surface area contributed by atoms with E-state index in [0.29, 0.717) is 23.7 Å². The molecule has 0 bridgehead atoms. The highest BCUT2D eigenvalue weighted by atomic mass is 35.5. The number of hydrogen-bond donors (Lipinski definition) is 0. The number of carbonyl (C=O) groups is 1. The van der Waals surface area contributed by atoms with Crippen molar-refractivity contribution in [2.75, 3.05) is 6.61 Å². The highest BCUT2D eigenvalue weighted by Crippen LogP contribution is 2.38. The first kappa shape index (κ1) is 26.0. The maximum atomic E-state index is 12.9. The van der Waals surface area contributed by atoms with Crippen LogP contribution in [0.15, 0.2) is 60.9 Å². The third kappa shape index (κ3) is 7.45. The van der Waals surface area contributed by atoms with Crippen LogP contribution in [0.25, 0.3) is 0 Å². The number of pyridine rings is 1. The summed E-state index contributed by atoms with van der Waals surface area (Å²) in [5, 5.41) is 0.577. The third-order valence-electron chi connectivity index (χ3n) is 5.51. The summed E-state index contributed by atoms with van der Waals surface area (Å²) in [6, 6.07) is 13.5. The van der Waals surface area contributed by atoms with E-state index in [1.165, 1.54) is 30.6 Å². The molecule has 0 saturated heterocycles. The minimum absolute atomic E-state index is 0.0140. The second kappa shape index (κ2) is 12.2. The van der Waals surface area contributed by atoms with Gasteiger partial charge in [0.2, 0.25) is 0 Å². The van der Waals surface area contributed by atoms with Crippen LogP contribution in [0.3, 0.4) is 0 Å². The van der Waals surface area contributed by atoms with Crippen LogP contribution in [0.1, 0.15) is 35.6 Å². The van der Waals surface area contributed by atoms with E-state index < -0.39 is 18.9 Å². The lowest BCUT2D eigenvalue weighted by molar-refractivity contribution is -0.0515. The molecule has 1 heterocycles. The molecule has 2 aromatic carbocycles. The Kier molecular flexibility index (Phi) is 8.83. The van der Waals surface area contributed by atoms with Crippen LogP contribution in [0.4, 0.5) is 13.6 Å². The van der Waals surface area contributed by atoms with Gasteiger partial charge in [-0.2, -0.15) is 8.78 Å². The molecular weight excluding hydrogens is 515 g/mol. The summed E-state index contributed by atoms with van der Waals surface area (Å²) >= 11 is 12.6. The summed E-state index contributed by atoms with van der Waals surface area (Å²) in [4.78, 5) is 16.5. The van der Waals surface area contributed by atoms with Crippen LogP contribution in [0, 0.1) is 5.92 Å². The molecular formula is C26H23Cl2F2NO5. The fourth-order valence-corrected chi connectivity index (χ4v) is 3.95. The lowest BCUT2D eigenvalue weighted by atomic mass is 10.0. The monoisotopic (exact) mass is 537 g/mol. The molecule has 4 rings (SSSR count). The largest absolute Gasteiger partial charge is 0.509 e. The van der Waals surface area contributed by atoms with Gasteiger partial charge in [0, 0.05) is 18.8 Å². The molecule has 0 unspecified atom stereocenters. The molecule has 3 aromatic rings. The molecule has 1 fully saturated rings. The first-order valence-electron chi connectivity index (χ1n) is 11.3. The number of hydrogen-bond acceptors (Lipinski definition) is 6. The van der Waals surface area contributed by atoms with Crippen molar-refractivity contribution in [2.45, 2.75) is 38.6 Å². The number of carbonyl (C=O) groups excluding carboxylic acids is 1. The lowest BCUT2D eigenvalue weighted by Gasteiger charge is -2.21. The van der Waals surface area contributed by atoms with E-state index in [1.807, 2.05) is 30.3 Å². The minimum Gasteiger partial charge on any atom is -0.489 e. The topological polar surface area (TPSA) is 66.9 Å². The van der Waals surface area contributed by atoms with Gasteiger partial charge in [-0.15, -0.1) is 0 Å². The van der Waals surface area contributed by atoms with Crippen LogP contribution in [0.2, 0.25) is 10.0 Å². The maximum absolute atomic E-state index is 12.9. The highest BCUT2D eigenvalue weighted by molar-refractivity contribution is 6.35. The number of alkyl halides is 2.